The molecule has 2 aliphatic rings. The average Bonchev–Trinajstić information content (AvgIpc) is 3.27. The van der Waals surface area contributed by atoms with Crippen LogP contribution in [0.2, 0.25) is 0 Å². The lowest BCUT2D eigenvalue weighted by Crippen LogP contribution is -2.31. The Hall–Kier alpha value is -2.72. The third-order valence-corrected chi connectivity index (χ3v) is 6.99. The molecule has 2 aromatic carbocycles. The molecular formula is C25H26FN3. The van der Waals surface area contributed by atoms with Crippen LogP contribution in [-0.2, 0) is 6.42 Å². The van der Waals surface area contributed by atoms with Crippen molar-refractivity contribution in [3.63, 3.8) is 0 Å². The van der Waals surface area contributed by atoms with Gasteiger partial charge in [-0.25, -0.2) is 9.07 Å². The van der Waals surface area contributed by atoms with Crippen molar-refractivity contribution < 1.29 is 4.39 Å². The molecule has 0 amide bonds. The van der Waals surface area contributed by atoms with Crippen LogP contribution in [0.25, 0.3) is 11.8 Å². The molecule has 0 saturated heterocycles. The molecule has 1 heterocycles. The summed E-state index contributed by atoms with van der Waals surface area (Å²) in [5, 5.41) is 4.61. The molecule has 2 N–H and O–H groups in total. The number of allylic oxidation sites excluding steroid dienone is 1. The maximum absolute atomic E-state index is 13.3. The second-order valence-corrected chi connectivity index (χ2v) is 8.70. The normalized spacial score (nSPS) is 24.0. The van der Waals surface area contributed by atoms with Crippen LogP contribution in [0.3, 0.4) is 0 Å². The highest BCUT2D eigenvalue weighted by Crippen LogP contribution is 2.55. The Balaban J connectivity index is 1.43. The first-order valence-corrected chi connectivity index (χ1v) is 10.4. The lowest BCUT2D eigenvalue weighted by Gasteiger charge is -2.37. The summed E-state index contributed by atoms with van der Waals surface area (Å²) < 4.78 is 15.2. The summed E-state index contributed by atoms with van der Waals surface area (Å²) >= 11 is 0. The molecule has 3 nitrogen and oxygen atoms in total. The molecule has 1 saturated carbocycles. The lowest BCUT2D eigenvalue weighted by molar-refractivity contribution is 0.242. The van der Waals surface area contributed by atoms with E-state index in [1.165, 1.54) is 35.3 Å². The van der Waals surface area contributed by atoms with Gasteiger partial charge in [-0.15, -0.1) is 0 Å². The first kappa shape index (κ1) is 18.3. The van der Waals surface area contributed by atoms with Gasteiger partial charge in [0.1, 0.15) is 5.82 Å². The Bertz CT molecular complexity index is 1050. The Morgan fingerprint density at radius 1 is 1.17 bits per heavy atom. The van der Waals surface area contributed by atoms with Crippen LogP contribution in [0.1, 0.15) is 49.0 Å². The molecule has 29 heavy (non-hydrogen) atoms. The van der Waals surface area contributed by atoms with Crippen molar-refractivity contribution in [3.8, 4) is 5.69 Å². The summed E-state index contributed by atoms with van der Waals surface area (Å²) in [6, 6.07) is 17.0. The van der Waals surface area contributed by atoms with Crippen LogP contribution in [0, 0.1) is 17.2 Å². The van der Waals surface area contributed by atoms with E-state index in [0.717, 1.165) is 30.6 Å². The monoisotopic (exact) mass is 387 g/mol. The van der Waals surface area contributed by atoms with Crippen LogP contribution >= 0.6 is 0 Å². The standard InChI is InChI=1S/C25H26FN3/c1-25-15-18-16-28-29(22-11-9-21(26)10-12-22)24(18)14-20(25)8-7-19(25)13-23(27)17-5-3-2-4-6-17/h2-6,9-12,14,16,19,23H,7-8,13,15,27H2,1H3/t19-,23?,25-/m1/s1. The predicted molar refractivity (Wildman–Crippen MR) is 114 cm³/mol. The predicted octanol–water partition coefficient (Wildman–Crippen LogP) is 5.46. The summed E-state index contributed by atoms with van der Waals surface area (Å²) in [6.45, 7) is 2.40. The van der Waals surface area contributed by atoms with E-state index in [0.29, 0.717) is 5.92 Å². The first-order chi connectivity index (χ1) is 14.0. The zero-order valence-corrected chi connectivity index (χ0v) is 16.7. The molecular weight excluding hydrogens is 361 g/mol. The smallest absolute Gasteiger partial charge is 0.123 e. The fourth-order valence-electron chi connectivity index (χ4n) is 5.24. The van der Waals surface area contributed by atoms with Gasteiger partial charge in [-0.05, 0) is 78.5 Å². The van der Waals surface area contributed by atoms with Crippen molar-refractivity contribution in [2.45, 2.75) is 38.6 Å². The number of benzene rings is 2. The van der Waals surface area contributed by atoms with Crippen LogP contribution in [0.5, 0.6) is 0 Å². The molecule has 148 valence electrons. The fraction of sp³-hybridized carbons (Fsp3) is 0.320. The van der Waals surface area contributed by atoms with E-state index in [1.807, 2.05) is 16.9 Å². The summed E-state index contributed by atoms with van der Waals surface area (Å²) in [5.41, 5.74) is 12.7. The third kappa shape index (κ3) is 3.12. The summed E-state index contributed by atoms with van der Waals surface area (Å²) in [7, 11) is 0. The number of hydrogen-bond acceptors (Lipinski definition) is 2. The van der Waals surface area contributed by atoms with E-state index in [9.17, 15) is 4.39 Å². The van der Waals surface area contributed by atoms with Crippen molar-refractivity contribution in [1.29, 1.82) is 0 Å². The third-order valence-electron chi connectivity index (χ3n) is 6.99. The quantitative estimate of drug-likeness (QED) is 0.646. The minimum absolute atomic E-state index is 0.0701. The van der Waals surface area contributed by atoms with Gasteiger partial charge in [0.15, 0.2) is 0 Å². The number of hydrogen-bond donors (Lipinski definition) is 1. The van der Waals surface area contributed by atoms with E-state index >= 15 is 0 Å². The zero-order valence-electron chi connectivity index (χ0n) is 16.7. The highest BCUT2D eigenvalue weighted by molar-refractivity contribution is 5.61. The van der Waals surface area contributed by atoms with E-state index in [-0.39, 0.29) is 17.3 Å². The number of halogens is 1. The molecule has 1 aromatic heterocycles. The van der Waals surface area contributed by atoms with Gasteiger partial charge in [-0.1, -0.05) is 42.8 Å². The van der Waals surface area contributed by atoms with E-state index < -0.39 is 0 Å². The van der Waals surface area contributed by atoms with E-state index in [2.05, 4.69) is 42.4 Å². The second-order valence-electron chi connectivity index (χ2n) is 8.70. The first-order valence-electron chi connectivity index (χ1n) is 10.4. The maximum atomic E-state index is 13.3. The van der Waals surface area contributed by atoms with Gasteiger partial charge in [-0.3, -0.25) is 0 Å². The Morgan fingerprint density at radius 2 is 1.93 bits per heavy atom. The van der Waals surface area contributed by atoms with Gasteiger partial charge in [-0.2, -0.15) is 5.10 Å². The molecule has 3 atom stereocenters. The number of fused-ring (bicyclic) bond motifs is 2. The number of aromatic nitrogens is 2. The Morgan fingerprint density at radius 3 is 2.69 bits per heavy atom. The van der Waals surface area contributed by atoms with Crippen molar-refractivity contribution in [3.05, 3.63) is 89.0 Å². The highest BCUT2D eigenvalue weighted by atomic mass is 19.1. The molecule has 4 heteroatoms. The molecule has 2 aliphatic carbocycles. The Labute approximate surface area is 171 Å². The topological polar surface area (TPSA) is 43.8 Å². The number of rotatable bonds is 4. The number of nitrogens with zero attached hydrogens (tertiary/aromatic N) is 2. The fourth-order valence-corrected chi connectivity index (χ4v) is 5.24. The van der Waals surface area contributed by atoms with Crippen LogP contribution in [-0.4, -0.2) is 9.78 Å². The molecule has 1 fully saturated rings. The zero-order chi connectivity index (χ0) is 20.0. The number of nitrogens with two attached hydrogens (primary N) is 1. The SMILES string of the molecule is C[C@]12Cc3cnn(-c4ccc(F)cc4)c3C=C1CC[C@@H]2CC(N)c1ccccc1. The van der Waals surface area contributed by atoms with Crippen molar-refractivity contribution in [2.24, 2.45) is 17.1 Å². The molecule has 5 rings (SSSR count). The molecule has 0 spiro atoms. The van der Waals surface area contributed by atoms with Crippen molar-refractivity contribution >= 4 is 6.08 Å². The van der Waals surface area contributed by atoms with Gasteiger partial charge in [0, 0.05) is 6.04 Å². The van der Waals surface area contributed by atoms with E-state index in [1.54, 1.807) is 12.1 Å². The summed E-state index contributed by atoms with van der Waals surface area (Å²) in [5.74, 6) is 0.334. The van der Waals surface area contributed by atoms with E-state index in [4.69, 9.17) is 5.73 Å². The maximum Gasteiger partial charge on any atom is 0.123 e. The molecule has 3 aromatic rings. The van der Waals surface area contributed by atoms with Gasteiger partial charge in [0.05, 0.1) is 17.6 Å². The summed E-state index contributed by atoms with van der Waals surface area (Å²) in [4.78, 5) is 0. The summed E-state index contributed by atoms with van der Waals surface area (Å²) in [6.07, 6.45) is 8.57. The van der Waals surface area contributed by atoms with Gasteiger partial charge >= 0.3 is 0 Å². The van der Waals surface area contributed by atoms with Crippen molar-refractivity contribution in [1.82, 2.24) is 9.78 Å². The molecule has 0 aliphatic heterocycles. The van der Waals surface area contributed by atoms with Crippen LogP contribution in [0.4, 0.5) is 4.39 Å². The van der Waals surface area contributed by atoms with Crippen LogP contribution in [0.15, 0.2) is 66.4 Å². The van der Waals surface area contributed by atoms with Gasteiger partial charge < -0.3 is 5.73 Å². The van der Waals surface area contributed by atoms with Gasteiger partial charge in [0.2, 0.25) is 0 Å². The average molecular weight is 388 g/mol. The molecule has 1 unspecified atom stereocenters. The minimum Gasteiger partial charge on any atom is -0.324 e. The second kappa shape index (κ2) is 6.96. The van der Waals surface area contributed by atoms with Crippen molar-refractivity contribution in [2.75, 3.05) is 0 Å². The largest absolute Gasteiger partial charge is 0.324 e. The highest BCUT2D eigenvalue weighted by Gasteiger charge is 2.45. The molecule has 0 bridgehead atoms. The van der Waals surface area contributed by atoms with Gasteiger partial charge in [0.25, 0.3) is 0 Å². The molecule has 0 radical (unpaired) electrons. The lowest BCUT2D eigenvalue weighted by atomic mass is 9.68. The minimum atomic E-state index is -0.228. The van der Waals surface area contributed by atoms with Crippen LogP contribution < -0.4 is 5.73 Å². The Kier molecular flexibility index (Phi) is 4.39.